The summed E-state index contributed by atoms with van der Waals surface area (Å²) in [6.07, 6.45) is -7.22. The van der Waals surface area contributed by atoms with Gasteiger partial charge in [0.15, 0.2) is 75.6 Å². The van der Waals surface area contributed by atoms with Crippen LogP contribution in [0, 0.1) is 204 Å². The van der Waals surface area contributed by atoms with Crippen LogP contribution in [0.5, 0.6) is 5.75 Å². The minimum atomic E-state index is -7.22. The van der Waals surface area contributed by atoms with E-state index in [1.807, 2.05) is 0 Å². The molecule has 38 heteroatoms. The molecule has 0 aromatic heterocycles. The molecular weight excluding hydrogens is 1300 g/mol. The minimum Gasteiger partial charge on any atom is -0.334 e. The summed E-state index contributed by atoms with van der Waals surface area (Å²) in [6.45, 7) is 0. The maximum atomic E-state index is 15.4. The third-order valence-electron chi connectivity index (χ3n) is 12.2. The lowest BCUT2D eigenvalue weighted by Crippen LogP contribution is -2.81. The van der Waals surface area contributed by atoms with Crippen LogP contribution in [0.3, 0.4) is 0 Å². The first-order valence-corrected chi connectivity index (χ1v) is 22.9. The molecule has 0 aliphatic rings. The van der Waals surface area contributed by atoms with Gasteiger partial charge < -0.3 is 4.52 Å². The maximum absolute atomic E-state index is 15.4. The van der Waals surface area contributed by atoms with Gasteiger partial charge in [0.2, 0.25) is 103 Å². The van der Waals surface area contributed by atoms with Gasteiger partial charge in [-0.15, -0.1) is 21.9 Å². The van der Waals surface area contributed by atoms with Crippen LogP contribution >= 0.6 is 7.49 Å². The topological polar surface area (TPSA) is 9.23 Å². The van der Waals surface area contributed by atoms with Crippen molar-refractivity contribution >= 4 is 51.4 Å². The SMILES string of the molecule is Fc1c(F)c(F)c([B-](c2c(F)c(F)c(F)c(F)c2F)(c2c(F)c(F)c(F)c(F)c2F)c2c(F)c(F)c(F)c(F)c2F)c(F)c1F.Fc1c(F)c(F)c([P+](Oc2ccccc2)(c2c(F)c(F)c(F)c(F)c2F)c2c(F)c(F)c(F)c(F)c2F)c(F)c1F. The highest BCUT2D eigenvalue weighted by Gasteiger charge is 2.65. The average molecular weight is 1300 g/mol. The van der Waals surface area contributed by atoms with E-state index in [-0.39, 0.29) is 0 Å². The van der Waals surface area contributed by atoms with E-state index in [1.165, 1.54) is 0 Å². The summed E-state index contributed by atoms with van der Waals surface area (Å²) in [7, 11) is -6.91. The van der Waals surface area contributed by atoms with Crippen molar-refractivity contribution in [2.45, 2.75) is 0 Å². The van der Waals surface area contributed by atoms with E-state index in [2.05, 4.69) is 0 Å². The number of hydrogen-bond donors (Lipinski definition) is 0. The molecule has 1 nitrogen and oxygen atoms in total. The molecule has 0 spiro atoms. The summed E-state index contributed by atoms with van der Waals surface area (Å²) in [6, 6.07) is 4.21. The summed E-state index contributed by atoms with van der Waals surface area (Å²) in [5, 5.41) is -8.41. The normalized spacial score (nSPS) is 11.9. The highest BCUT2D eigenvalue weighted by Crippen LogP contribution is 2.60. The zero-order valence-corrected chi connectivity index (χ0v) is 39.9. The molecule has 8 aromatic rings. The highest BCUT2D eigenvalue weighted by atomic mass is 31.2. The molecule has 0 bridgehead atoms. The quantitative estimate of drug-likeness (QED) is 0.0460. The first kappa shape index (κ1) is 65.2. The Bertz CT molecular complexity index is 3580. The van der Waals surface area contributed by atoms with E-state index in [4.69, 9.17) is 4.52 Å². The predicted octanol–water partition coefficient (Wildman–Crippen LogP) is 12.9. The maximum Gasteiger partial charge on any atom is 0.306 e. The summed E-state index contributed by atoms with van der Waals surface area (Å²) >= 11 is 0. The Balaban J connectivity index is 0.000000247. The van der Waals surface area contributed by atoms with E-state index in [1.54, 1.807) is 0 Å². The second-order valence-electron chi connectivity index (χ2n) is 16.6. The Kier molecular flexibility index (Phi) is 17.3. The lowest BCUT2D eigenvalue weighted by atomic mass is 9.12. The van der Waals surface area contributed by atoms with Gasteiger partial charge in [0.25, 0.3) is 0 Å². The molecule has 86 heavy (non-hydrogen) atoms. The molecule has 0 radical (unpaired) electrons. The fourth-order valence-corrected chi connectivity index (χ4v) is 12.2. The molecule has 0 aliphatic carbocycles. The van der Waals surface area contributed by atoms with Gasteiger partial charge >= 0.3 is 7.49 Å². The molecule has 8 aromatic carbocycles. The fourth-order valence-electron chi connectivity index (χ4n) is 8.60. The minimum absolute atomic E-state index is 0.624. The van der Waals surface area contributed by atoms with Gasteiger partial charge in [-0.1, -0.05) is 18.2 Å². The molecule has 0 unspecified atom stereocenters. The van der Waals surface area contributed by atoms with E-state index in [0.717, 1.165) is 18.2 Å². The van der Waals surface area contributed by atoms with Crippen LogP contribution in [0.15, 0.2) is 30.3 Å². The van der Waals surface area contributed by atoms with Crippen molar-refractivity contribution in [3.05, 3.63) is 234 Å². The van der Waals surface area contributed by atoms with Gasteiger partial charge in [0.05, 0.1) is 0 Å². The van der Waals surface area contributed by atoms with Crippen molar-refractivity contribution < 1.29 is 158 Å². The van der Waals surface area contributed by atoms with Crippen molar-refractivity contribution in [1.29, 1.82) is 0 Å². The summed E-state index contributed by atoms with van der Waals surface area (Å²) in [5.41, 5.74) is -14.3. The van der Waals surface area contributed by atoms with Crippen molar-refractivity contribution in [3.63, 3.8) is 0 Å². The molecule has 0 heterocycles. The number of rotatable bonds is 9. The molecule has 0 fully saturated rings. The van der Waals surface area contributed by atoms with Gasteiger partial charge in [-0.05, 0) is 12.1 Å². The Morgan fingerprint density at radius 3 is 0.488 bits per heavy atom. The smallest absolute Gasteiger partial charge is 0.306 e. The standard InChI is InChI=1S/C24BF20.C24H5F15OP/c26-5-1(6(27)14(35)21(42)13(5)34)25(2-7(28)15(36)22(43)16(37)8(2)29,3-9(30)17(38)23(44)18(39)10(3)31)4-11(32)19(40)24(45)20(41)12(4)33;25-7-10(28)16(34)22(17(35)11(7)29)41(40-6-4-2-1-3-5-6,23-18(36)12(30)8(26)13(31)19(23)37)24-20(38)14(32)9(27)15(33)21(24)39/h;1-5H/q-1;+1. The first-order chi connectivity index (χ1) is 39.8. The fraction of sp³-hybridized carbons (Fsp3) is 0. The zero-order chi connectivity index (χ0) is 65.1. The second-order valence-corrected chi connectivity index (χ2v) is 19.3. The molecular formula is C48H5BF35OP. The lowest BCUT2D eigenvalue weighted by molar-refractivity contribution is 0.378. The van der Waals surface area contributed by atoms with Gasteiger partial charge in [0.1, 0.15) is 52.7 Å². The molecule has 0 saturated heterocycles. The average Bonchev–Trinajstić information content (AvgIpc) is 0.745. The molecule has 0 aliphatic heterocycles. The summed E-state index contributed by atoms with van der Waals surface area (Å²) < 4.78 is 518. The van der Waals surface area contributed by atoms with Crippen LogP contribution in [-0.4, -0.2) is 6.15 Å². The van der Waals surface area contributed by atoms with Crippen molar-refractivity contribution in [2.75, 3.05) is 0 Å². The van der Waals surface area contributed by atoms with Gasteiger partial charge in [-0.3, -0.25) is 0 Å². The number of para-hydroxylation sites is 1. The van der Waals surface area contributed by atoms with E-state index < -0.39 is 261 Å². The summed E-state index contributed by atoms with van der Waals surface area (Å²) in [5.74, 6) is -119. The van der Waals surface area contributed by atoms with Crippen LogP contribution < -0.4 is 42.3 Å². The van der Waals surface area contributed by atoms with Crippen LogP contribution in [0.4, 0.5) is 154 Å². The first-order valence-electron chi connectivity index (χ1n) is 21.2. The molecule has 456 valence electrons. The third-order valence-corrected chi connectivity index (χ3v) is 15.7. The zero-order valence-electron chi connectivity index (χ0n) is 39.0. The molecule has 8 rings (SSSR count). The van der Waals surface area contributed by atoms with Crippen molar-refractivity contribution in [3.8, 4) is 5.75 Å². The van der Waals surface area contributed by atoms with Gasteiger partial charge in [0, 0.05) is 0 Å². The largest absolute Gasteiger partial charge is 0.334 e. The lowest BCUT2D eigenvalue weighted by Gasteiger charge is -2.44. The van der Waals surface area contributed by atoms with Gasteiger partial charge in [-0.2, -0.15) is 26.3 Å². The van der Waals surface area contributed by atoms with E-state index in [9.17, 15) is 92.2 Å². The number of hydrogen-bond acceptors (Lipinski definition) is 1. The number of halogens is 35. The Morgan fingerprint density at radius 1 is 0.186 bits per heavy atom. The Morgan fingerprint density at radius 2 is 0.326 bits per heavy atom. The van der Waals surface area contributed by atoms with Crippen molar-refractivity contribution in [1.82, 2.24) is 0 Å². The molecule has 0 atom stereocenters. The predicted molar refractivity (Wildman–Crippen MR) is 221 cm³/mol. The van der Waals surface area contributed by atoms with Crippen molar-refractivity contribution in [2.24, 2.45) is 0 Å². The van der Waals surface area contributed by atoms with Crippen LogP contribution in [0.25, 0.3) is 0 Å². The van der Waals surface area contributed by atoms with Crippen LogP contribution in [-0.2, 0) is 0 Å². The Labute approximate surface area is 449 Å². The summed E-state index contributed by atoms with van der Waals surface area (Å²) in [4.78, 5) is 0. The third kappa shape index (κ3) is 9.14. The molecule has 0 N–H and O–H groups in total. The van der Waals surface area contributed by atoms with E-state index in [0.29, 0.717) is 12.1 Å². The molecule has 0 amide bonds. The van der Waals surface area contributed by atoms with Crippen LogP contribution in [0.1, 0.15) is 0 Å². The molecule has 0 saturated carbocycles. The highest BCUT2D eigenvalue weighted by molar-refractivity contribution is 7.92. The van der Waals surface area contributed by atoms with Crippen LogP contribution in [0.2, 0.25) is 0 Å². The monoisotopic (exact) mass is 1300 g/mol. The van der Waals surface area contributed by atoms with E-state index >= 15 is 61.5 Å². The Hall–Kier alpha value is -8.40. The second kappa shape index (κ2) is 22.8. The van der Waals surface area contributed by atoms with Gasteiger partial charge in [-0.25, -0.2) is 127 Å². The number of benzene rings is 8.